The molecule has 0 aliphatic carbocycles. The van der Waals surface area contributed by atoms with E-state index in [4.69, 9.17) is 4.74 Å². The number of aryl methyl sites for hydroxylation is 2. The summed E-state index contributed by atoms with van der Waals surface area (Å²) in [5, 5.41) is 15.2. The van der Waals surface area contributed by atoms with E-state index in [2.05, 4.69) is 22.2 Å². The van der Waals surface area contributed by atoms with Crippen LogP contribution in [0.25, 0.3) is 11.0 Å². The summed E-state index contributed by atoms with van der Waals surface area (Å²) in [4.78, 5) is 20.5. The Morgan fingerprint density at radius 3 is 3.15 bits per heavy atom. The molecule has 1 aliphatic heterocycles. The summed E-state index contributed by atoms with van der Waals surface area (Å²) in [5.74, 6) is 0. The zero-order valence-corrected chi connectivity index (χ0v) is 16.3. The van der Waals surface area contributed by atoms with Crippen molar-refractivity contribution in [3.63, 3.8) is 0 Å². The molecular weight excluding hydrogens is 364 g/mol. The number of methoxy groups -OCH3 is 1. The molecule has 0 spiro atoms. The van der Waals surface area contributed by atoms with Gasteiger partial charge in [0.05, 0.1) is 24.2 Å². The van der Waals surface area contributed by atoms with Crippen molar-refractivity contribution >= 4 is 22.4 Å². The average molecular weight is 388 g/mol. The van der Waals surface area contributed by atoms with E-state index < -0.39 is 6.10 Å². The second-order valence-electron chi connectivity index (χ2n) is 7.07. The van der Waals surface area contributed by atoms with Crippen LogP contribution >= 0.6 is 11.3 Å². The Bertz CT molecular complexity index is 992. The number of rotatable bonds is 6. The third-order valence-electron chi connectivity index (χ3n) is 5.22. The monoisotopic (exact) mass is 388 g/mol. The predicted octanol–water partition coefficient (Wildman–Crippen LogP) is 2.21. The standard InChI is InChI=1S/C19H24N4O3S/c1-11(6-7-12-10-20-19(26-2)27-12)21-15-8-9-23-16-13(17(15)24)4-3-5-14(16)22-18(23)25/h3-5,10-11,15,17,21,24H,6-9H2,1-2H3,(H,22,25)/t11-,15-,17-/m1/s1. The number of para-hydroxylation sites is 1. The van der Waals surface area contributed by atoms with Crippen LogP contribution in [-0.2, 0) is 13.0 Å². The second kappa shape index (κ2) is 7.46. The quantitative estimate of drug-likeness (QED) is 0.602. The number of nitrogens with one attached hydrogen (secondary N) is 2. The number of H-pyrrole nitrogens is 1. The molecule has 0 saturated heterocycles. The first-order valence-corrected chi connectivity index (χ1v) is 10.0. The maximum Gasteiger partial charge on any atom is 0.326 e. The number of aliphatic hydroxyl groups excluding tert-OH is 1. The first-order valence-electron chi connectivity index (χ1n) is 9.21. The molecule has 2 aromatic heterocycles. The first-order chi connectivity index (χ1) is 13.1. The van der Waals surface area contributed by atoms with Gasteiger partial charge in [-0.15, -0.1) is 0 Å². The molecule has 7 nitrogen and oxygen atoms in total. The van der Waals surface area contributed by atoms with Crippen LogP contribution in [0.5, 0.6) is 5.19 Å². The van der Waals surface area contributed by atoms with Crippen LogP contribution in [0, 0.1) is 0 Å². The third-order valence-corrected chi connectivity index (χ3v) is 6.24. The average Bonchev–Trinajstić information content (AvgIpc) is 3.22. The Morgan fingerprint density at radius 1 is 1.52 bits per heavy atom. The molecule has 3 heterocycles. The number of hydrogen-bond acceptors (Lipinski definition) is 6. The van der Waals surface area contributed by atoms with Gasteiger partial charge in [-0.3, -0.25) is 4.57 Å². The van der Waals surface area contributed by atoms with Gasteiger partial charge in [-0.2, -0.15) is 0 Å². The van der Waals surface area contributed by atoms with Gasteiger partial charge in [0.15, 0.2) is 0 Å². The zero-order chi connectivity index (χ0) is 19.0. The largest absolute Gasteiger partial charge is 0.473 e. The smallest absolute Gasteiger partial charge is 0.326 e. The summed E-state index contributed by atoms with van der Waals surface area (Å²) in [6.45, 7) is 2.72. The molecule has 3 aromatic rings. The minimum Gasteiger partial charge on any atom is -0.473 e. The first kappa shape index (κ1) is 18.2. The molecule has 27 heavy (non-hydrogen) atoms. The van der Waals surface area contributed by atoms with Crippen molar-refractivity contribution in [1.82, 2.24) is 19.9 Å². The molecule has 1 aliphatic rings. The molecule has 0 bridgehead atoms. The summed E-state index contributed by atoms with van der Waals surface area (Å²) in [6, 6.07) is 5.80. The van der Waals surface area contributed by atoms with Crippen LogP contribution in [-0.4, -0.2) is 38.8 Å². The summed E-state index contributed by atoms with van der Waals surface area (Å²) >= 11 is 1.56. The van der Waals surface area contributed by atoms with E-state index in [1.54, 1.807) is 23.0 Å². The molecule has 0 amide bonds. The highest BCUT2D eigenvalue weighted by Gasteiger charge is 2.29. The van der Waals surface area contributed by atoms with E-state index in [9.17, 15) is 9.90 Å². The molecule has 4 rings (SSSR count). The Hall–Kier alpha value is -2.16. The van der Waals surface area contributed by atoms with Crippen molar-refractivity contribution in [2.45, 2.75) is 50.9 Å². The van der Waals surface area contributed by atoms with Crippen LogP contribution in [0.2, 0.25) is 0 Å². The van der Waals surface area contributed by atoms with Crippen molar-refractivity contribution < 1.29 is 9.84 Å². The minimum atomic E-state index is -0.649. The van der Waals surface area contributed by atoms with Crippen LogP contribution in [0.4, 0.5) is 0 Å². The van der Waals surface area contributed by atoms with Crippen molar-refractivity contribution in [3.05, 3.63) is 45.3 Å². The molecule has 144 valence electrons. The lowest BCUT2D eigenvalue weighted by atomic mass is 9.98. The van der Waals surface area contributed by atoms with Gasteiger partial charge in [-0.05, 0) is 32.3 Å². The van der Waals surface area contributed by atoms with Crippen molar-refractivity contribution in [2.75, 3.05) is 7.11 Å². The van der Waals surface area contributed by atoms with Crippen LogP contribution < -0.4 is 15.7 Å². The fourth-order valence-electron chi connectivity index (χ4n) is 3.82. The summed E-state index contributed by atoms with van der Waals surface area (Å²) in [5.41, 5.74) is 2.30. The van der Waals surface area contributed by atoms with Gasteiger partial charge in [-0.1, -0.05) is 23.5 Å². The van der Waals surface area contributed by atoms with Gasteiger partial charge in [0.25, 0.3) is 5.19 Å². The fourth-order valence-corrected chi connectivity index (χ4v) is 4.56. The van der Waals surface area contributed by atoms with Gasteiger partial charge in [-0.25, -0.2) is 9.78 Å². The number of nitrogens with zero attached hydrogens (tertiary/aromatic N) is 2. The Morgan fingerprint density at radius 2 is 2.37 bits per heavy atom. The van der Waals surface area contributed by atoms with Crippen LogP contribution in [0.3, 0.4) is 0 Å². The molecule has 0 saturated carbocycles. The molecule has 0 fully saturated rings. The molecular formula is C19H24N4O3S. The lowest BCUT2D eigenvalue weighted by Gasteiger charge is -2.26. The van der Waals surface area contributed by atoms with Gasteiger partial charge < -0.3 is 20.1 Å². The number of aromatic nitrogens is 3. The van der Waals surface area contributed by atoms with Gasteiger partial charge in [0.1, 0.15) is 0 Å². The van der Waals surface area contributed by atoms with E-state index in [-0.39, 0.29) is 17.8 Å². The van der Waals surface area contributed by atoms with Gasteiger partial charge in [0, 0.05) is 35.3 Å². The predicted molar refractivity (Wildman–Crippen MR) is 106 cm³/mol. The van der Waals surface area contributed by atoms with Crippen molar-refractivity contribution in [2.24, 2.45) is 0 Å². The number of aromatic amines is 1. The van der Waals surface area contributed by atoms with E-state index in [0.29, 0.717) is 18.2 Å². The highest BCUT2D eigenvalue weighted by atomic mass is 32.1. The van der Waals surface area contributed by atoms with E-state index in [1.807, 2.05) is 24.4 Å². The Balaban J connectivity index is 1.46. The third kappa shape index (κ3) is 3.52. The number of hydrogen-bond donors (Lipinski definition) is 3. The van der Waals surface area contributed by atoms with Crippen LogP contribution in [0.1, 0.15) is 36.3 Å². The second-order valence-corrected chi connectivity index (χ2v) is 8.15. The lowest BCUT2D eigenvalue weighted by Crippen LogP contribution is -2.41. The van der Waals surface area contributed by atoms with E-state index in [1.165, 1.54) is 4.88 Å². The maximum atomic E-state index is 12.2. The number of benzene rings is 1. The lowest BCUT2D eigenvalue weighted by molar-refractivity contribution is 0.119. The molecule has 3 atom stereocenters. The molecule has 1 aromatic carbocycles. The highest BCUT2D eigenvalue weighted by molar-refractivity contribution is 7.13. The van der Waals surface area contributed by atoms with Crippen molar-refractivity contribution in [3.8, 4) is 5.19 Å². The molecule has 0 unspecified atom stereocenters. The normalized spacial score (nSPS) is 20.6. The number of aliphatic hydroxyl groups is 1. The minimum absolute atomic E-state index is 0.0964. The summed E-state index contributed by atoms with van der Waals surface area (Å²) in [6.07, 6.45) is 3.75. The Labute approximate surface area is 161 Å². The van der Waals surface area contributed by atoms with E-state index in [0.717, 1.165) is 29.4 Å². The van der Waals surface area contributed by atoms with Crippen LogP contribution in [0.15, 0.2) is 29.2 Å². The summed E-state index contributed by atoms with van der Waals surface area (Å²) in [7, 11) is 1.63. The summed E-state index contributed by atoms with van der Waals surface area (Å²) < 4.78 is 6.88. The van der Waals surface area contributed by atoms with Crippen molar-refractivity contribution in [1.29, 1.82) is 0 Å². The fraction of sp³-hybridized carbons (Fsp3) is 0.474. The maximum absolute atomic E-state index is 12.2. The number of imidazole rings is 1. The topological polar surface area (TPSA) is 92.2 Å². The zero-order valence-electron chi connectivity index (χ0n) is 15.4. The van der Waals surface area contributed by atoms with E-state index >= 15 is 0 Å². The molecule has 3 N–H and O–H groups in total. The van der Waals surface area contributed by atoms with Gasteiger partial charge >= 0.3 is 5.69 Å². The van der Waals surface area contributed by atoms with Gasteiger partial charge in [0.2, 0.25) is 0 Å². The SMILES string of the molecule is COc1ncc(CC[C@@H](C)N[C@@H]2CCn3c(=O)[nH]c4cccc(c43)[C@H]2O)s1. The highest BCUT2D eigenvalue weighted by Crippen LogP contribution is 2.30. The molecule has 8 heteroatoms. The Kier molecular flexibility index (Phi) is 5.03. The molecule has 0 radical (unpaired) electrons. The number of ether oxygens (including phenoxy) is 1. The number of thiazole rings is 1.